The van der Waals surface area contributed by atoms with Crippen LogP contribution in [0.3, 0.4) is 0 Å². The lowest BCUT2D eigenvalue weighted by molar-refractivity contribution is -0.313. The fourth-order valence-corrected chi connectivity index (χ4v) is 3.23. The van der Waals surface area contributed by atoms with E-state index >= 15 is 0 Å². The molecule has 0 unspecified atom stereocenters. The van der Waals surface area contributed by atoms with Crippen LogP contribution in [-0.4, -0.2) is 11.9 Å². The maximum absolute atomic E-state index is 12.4. The number of anilines is 1. The van der Waals surface area contributed by atoms with Gasteiger partial charge in [-0.15, -0.1) is 0 Å². The molecule has 2 aromatic rings. The molecule has 1 aliphatic carbocycles. The minimum absolute atomic E-state index is 0.218. The van der Waals surface area contributed by atoms with Gasteiger partial charge in [0.05, 0.1) is 0 Å². The van der Waals surface area contributed by atoms with Gasteiger partial charge in [-0.3, -0.25) is 4.79 Å². The summed E-state index contributed by atoms with van der Waals surface area (Å²) in [6.07, 6.45) is 2.87. The third-order valence-electron chi connectivity index (χ3n) is 4.42. The first kappa shape index (κ1) is 14.6. The first-order valence-electron chi connectivity index (χ1n) is 7.65. The highest BCUT2D eigenvalue weighted by Gasteiger charge is 2.31. The SMILES string of the molecule is O=C([O-])[C@@H]1CCCC[C@H]1C(=O)Nc1ccc2ccccc2c1. The van der Waals surface area contributed by atoms with Crippen molar-refractivity contribution < 1.29 is 14.7 Å². The second-order valence-electron chi connectivity index (χ2n) is 5.87. The molecule has 0 heterocycles. The zero-order chi connectivity index (χ0) is 15.5. The molecule has 22 heavy (non-hydrogen) atoms. The third kappa shape index (κ3) is 2.96. The maximum atomic E-state index is 12.4. The lowest BCUT2D eigenvalue weighted by atomic mass is 9.78. The average molecular weight is 296 g/mol. The van der Waals surface area contributed by atoms with Crippen LogP contribution in [-0.2, 0) is 9.59 Å². The van der Waals surface area contributed by atoms with Gasteiger partial charge >= 0.3 is 0 Å². The predicted octanol–water partition coefficient (Wildman–Crippen LogP) is 2.33. The minimum Gasteiger partial charge on any atom is -0.550 e. The van der Waals surface area contributed by atoms with Crippen molar-refractivity contribution in [3.8, 4) is 0 Å². The number of carbonyl (C=O) groups is 2. The molecule has 0 spiro atoms. The largest absolute Gasteiger partial charge is 0.550 e. The molecule has 2 aromatic carbocycles. The van der Waals surface area contributed by atoms with Gasteiger partial charge in [-0.1, -0.05) is 43.2 Å². The number of fused-ring (bicyclic) bond motifs is 1. The van der Waals surface area contributed by atoms with Crippen LogP contribution in [0.15, 0.2) is 42.5 Å². The molecule has 0 aliphatic heterocycles. The Morgan fingerprint density at radius 2 is 1.64 bits per heavy atom. The van der Waals surface area contributed by atoms with E-state index in [9.17, 15) is 14.7 Å². The molecule has 114 valence electrons. The van der Waals surface area contributed by atoms with E-state index in [1.807, 2.05) is 42.5 Å². The summed E-state index contributed by atoms with van der Waals surface area (Å²) in [4.78, 5) is 23.6. The zero-order valence-corrected chi connectivity index (χ0v) is 12.2. The van der Waals surface area contributed by atoms with Crippen molar-refractivity contribution in [1.82, 2.24) is 0 Å². The van der Waals surface area contributed by atoms with E-state index in [1.165, 1.54) is 0 Å². The van der Waals surface area contributed by atoms with Crippen LogP contribution in [0.5, 0.6) is 0 Å². The summed E-state index contributed by atoms with van der Waals surface area (Å²) in [6, 6.07) is 13.6. The highest BCUT2D eigenvalue weighted by atomic mass is 16.4. The van der Waals surface area contributed by atoms with Gasteiger partial charge in [0.15, 0.2) is 0 Å². The number of carbonyl (C=O) groups excluding carboxylic acids is 2. The summed E-state index contributed by atoms with van der Waals surface area (Å²) in [5.41, 5.74) is 0.700. The highest BCUT2D eigenvalue weighted by molar-refractivity contribution is 5.97. The molecule has 1 aliphatic rings. The fraction of sp³-hybridized carbons (Fsp3) is 0.333. The number of nitrogens with one attached hydrogen (secondary N) is 1. The van der Waals surface area contributed by atoms with E-state index in [-0.39, 0.29) is 5.91 Å². The molecular weight excluding hydrogens is 278 g/mol. The van der Waals surface area contributed by atoms with Crippen molar-refractivity contribution in [2.24, 2.45) is 11.8 Å². The second-order valence-corrected chi connectivity index (χ2v) is 5.87. The van der Waals surface area contributed by atoms with Gasteiger partial charge in [-0.25, -0.2) is 0 Å². The number of benzene rings is 2. The summed E-state index contributed by atoms with van der Waals surface area (Å²) in [6.45, 7) is 0. The summed E-state index contributed by atoms with van der Waals surface area (Å²) < 4.78 is 0. The van der Waals surface area contributed by atoms with E-state index < -0.39 is 17.8 Å². The molecule has 1 N–H and O–H groups in total. The molecule has 4 heteroatoms. The number of hydrogen-bond acceptors (Lipinski definition) is 3. The first-order chi connectivity index (χ1) is 10.6. The van der Waals surface area contributed by atoms with Gasteiger partial charge in [-0.2, -0.15) is 0 Å². The molecule has 1 saturated carbocycles. The van der Waals surface area contributed by atoms with Crippen molar-refractivity contribution in [3.63, 3.8) is 0 Å². The monoisotopic (exact) mass is 296 g/mol. The molecule has 0 aromatic heterocycles. The van der Waals surface area contributed by atoms with Crippen molar-refractivity contribution in [2.75, 3.05) is 5.32 Å². The van der Waals surface area contributed by atoms with E-state index in [0.717, 1.165) is 23.6 Å². The smallest absolute Gasteiger partial charge is 0.228 e. The van der Waals surface area contributed by atoms with Gasteiger partial charge in [-0.05, 0) is 35.7 Å². The Labute approximate surface area is 129 Å². The van der Waals surface area contributed by atoms with E-state index in [0.29, 0.717) is 18.5 Å². The quantitative estimate of drug-likeness (QED) is 0.945. The lowest BCUT2D eigenvalue weighted by Crippen LogP contribution is -2.42. The number of amides is 1. The van der Waals surface area contributed by atoms with Crippen LogP contribution in [0.4, 0.5) is 5.69 Å². The lowest BCUT2D eigenvalue weighted by Gasteiger charge is -2.31. The zero-order valence-electron chi connectivity index (χ0n) is 12.2. The van der Waals surface area contributed by atoms with Gasteiger partial charge in [0.1, 0.15) is 0 Å². The van der Waals surface area contributed by atoms with Gasteiger partial charge in [0, 0.05) is 23.5 Å². The number of hydrogen-bond donors (Lipinski definition) is 1. The molecular formula is C18H18NO3-. The summed E-state index contributed by atoms with van der Waals surface area (Å²) in [5.74, 6) is -2.50. The molecule has 3 rings (SSSR count). The molecule has 1 amide bonds. The Kier molecular flexibility index (Phi) is 4.09. The van der Waals surface area contributed by atoms with Gasteiger partial charge in [0.25, 0.3) is 0 Å². The first-order valence-corrected chi connectivity index (χ1v) is 7.65. The molecule has 4 nitrogen and oxygen atoms in total. The number of carboxylic acids is 1. The van der Waals surface area contributed by atoms with Gasteiger partial charge in [0.2, 0.25) is 5.91 Å². The Balaban J connectivity index is 1.78. The van der Waals surface area contributed by atoms with Crippen molar-refractivity contribution in [1.29, 1.82) is 0 Å². The standard InChI is InChI=1S/C18H19NO3/c20-17(15-7-3-4-8-16(15)18(21)22)19-14-10-9-12-5-1-2-6-13(12)11-14/h1-2,5-6,9-11,15-16H,3-4,7-8H2,(H,19,20)(H,21,22)/p-1/t15-,16-/m1/s1. The highest BCUT2D eigenvalue weighted by Crippen LogP contribution is 2.31. The second kappa shape index (κ2) is 6.18. The van der Waals surface area contributed by atoms with Crippen molar-refractivity contribution in [3.05, 3.63) is 42.5 Å². The van der Waals surface area contributed by atoms with Crippen LogP contribution >= 0.6 is 0 Å². The number of carboxylic acid groups (broad SMARTS) is 1. The minimum atomic E-state index is -1.11. The third-order valence-corrected chi connectivity index (χ3v) is 4.42. The normalized spacial score (nSPS) is 21.5. The molecule has 0 saturated heterocycles. The van der Waals surface area contributed by atoms with E-state index in [4.69, 9.17) is 0 Å². The van der Waals surface area contributed by atoms with Gasteiger partial charge < -0.3 is 15.2 Å². The average Bonchev–Trinajstić information content (AvgIpc) is 2.54. The maximum Gasteiger partial charge on any atom is 0.228 e. The van der Waals surface area contributed by atoms with E-state index in [1.54, 1.807) is 0 Å². The predicted molar refractivity (Wildman–Crippen MR) is 83.0 cm³/mol. The van der Waals surface area contributed by atoms with Crippen LogP contribution in [0.25, 0.3) is 10.8 Å². The summed E-state index contributed by atoms with van der Waals surface area (Å²) >= 11 is 0. The molecule has 2 atom stereocenters. The van der Waals surface area contributed by atoms with E-state index in [2.05, 4.69) is 5.32 Å². The van der Waals surface area contributed by atoms with Crippen molar-refractivity contribution >= 4 is 28.3 Å². The number of aliphatic carboxylic acids is 1. The number of rotatable bonds is 3. The topological polar surface area (TPSA) is 69.2 Å². The molecule has 1 fully saturated rings. The van der Waals surface area contributed by atoms with Crippen LogP contribution in [0, 0.1) is 11.8 Å². The van der Waals surface area contributed by atoms with Crippen molar-refractivity contribution in [2.45, 2.75) is 25.7 Å². The summed E-state index contributed by atoms with van der Waals surface area (Å²) in [7, 11) is 0. The van der Waals surface area contributed by atoms with Crippen LogP contribution in [0.2, 0.25) is 0 Å². The van der Waals surface area contributed by atoms with Crippen LogP contribution < -0.4 is 10.4 Å². The Morgan fingerprint density at radius 3 is 2.36 bits per heavy atom. The Morgan fingerprint density at radius 1 is 0.955 bits per heavy atom. The molecule has 0 bridgehead atoms. The Hall–Kier alpha value is -2.36. The molecule has 0 radical (unpaired) electrons. The Bertz CT molecular complexity index is 710. The van der Waals surface area contributed by atoms with Crippen LogP contribution in [0.1, 0.15) is 25.7 Å². The summed E-state index contributed by atoms with van der Waals surface area (Å²) in [5, 5.41) is 16.2. The fourth-order valence-electron chi connectivity index (χ4n) is 3.23.